The van der Waals surface area contributed by atoms with E-state index >= 15 is 0 Å². The summed E-state index contributed by atoms with van der Waals surface area (Å²) in [6, 6.07) is 8.27. The first-order valence-electron chi connectivity index (χ1n) is 9.25. The minimum Gasteiger partial charge on any atom is -0.480 e. The number of carbonyl (C=O) groups excluding carboxylic acids is 2. The van der Waals surface area contributed by atoms with Crippen molar-refractivity contribution in [3.05, 3.63) is 48.0 Å². The van der Waals surface area contributed by atoms with Crippen LogP contribution in [0.4, 0.5) is 0 Å². The molecule has 140 valence electrons. The third-order valence-electron chi connectivity index (χ3n) is 4.90. The van der Waals surface area contributed by atoms with Gasteiger partial charge in [-0.15, -0.1) is 0 Å². The number of carbonyl (C=O) groups is 3. The van der Waals surface area contributed by atoms with E-state index in [4.69, 9.17) is 0 Å². The number of ketones is 1. The number of carboxylic acids is 1. The normalized spacial score (nSPS) is 21.0. The van der Waals surface area contributed by atoms with Gasteiger partial charge in [0.15, 0.2) is 0 Å². The summed E-state index contributed by atoms with van der Waals surface area (Å²) < 4.78 is 0. The average molecular weight is 357 g/mol. The summed E-state index contributed by atoms with van der Waals surface area (Å²) in [4.78, 5) is 35.9. The fourth-order valence-electron chi connectivity index (χ4n) is 3.50. The monoisotopic (exact) mass is 357 g/mol. The van der Waals surface area contributed by atoms with Gasteiger partial charge in [-0.3, -0.25) is 9.59 Å². The van der Waals surface area contributed by atoms with Gasteiger partial charge in [-0.05, 0) is 30.7 Å². The molecule has 1 aromatic carbocycles. The Labute approximate surface area is 154 Å². The molecule has 5 nitrogen and oxygen atoms in total. The summed E-state index contributed by atoms with van der Waals surface area (Å²) in [5.74, 6) is -1.26. The fraction of sp³-hybridized carbons (Fsp3) is 0.476. The van der Waals surface area contributed by atoms with Crippen molar-refractivity contribution in [1.82, 2.24) is 5.32 Å². The van der Waals surface area contributed by atoms with Crippen molar-refractivity contribution in [3.63, 3.8) is 0 Å². The maximum Gasteiger partial charge on any atom is 0.326 e. The number of rotatable bonds is 9. The molecular formula is C21H27NO4. The van der Waals surface area contributed by atoms with E-state index in [2.05, 4.69) is 5.32 Å². The van der Waals surface area contributed by atoms with Crippen LogP contribution >= 0.6 is 0 Å². The van der Waals surface area contributed by atoms with Crippen LogP contribution in [0.15, 0.2) is 42.5 Å². The lowest BCUT2D eigenvalue weighted by atomic mass is 9.89. The van der Waals surface area contributed by atoms with Gasteiger partial charge in [0.2, 0.25) is 5.91 Å². The number of amides is 1. The van der Waals surface area contributed by atoms with Crippen LogP contribution in [-0.4, -0.2) is 28.8 Å². The summed E-state index contributed by atoms with van der Waals surface area (Å²) in [7, 11) is 0. The predicted octanol–water partition coefficient (Wildman–Crippen LogP) is 3.14. The molecule has 1 amide bonds. The number of carboxylic acid groups (broad SMARTS) is 1. The fourth-order valence-corrected chi connectivity index (χ4v) is 3.50. The van der Waals surface area contributed by atoms with Crippen molar-refractivity contribution in [3.8, 4) is 0 Å². The van der Waals surface area contributed by atoms with Crippen LogP contribution in [-0.2, 0) is 20.8 Å². The lowest BCUT2D eigenvalue weighted by Crippen LogP contribution is -2.43. The van der Waals surface area contributed by atoms with Crippen molar-refractivity contribution < 1.29 is 19.5 Å². The lowest BCUT2D eigenvalue weighted by Gasteiger charge is -2.19. The molecule has 5 heteroatoms. The molecule has 3 atom stereocenters. The molecule has 1 aliphatic carbocycles. The van der Waals surface area contributed by atoms with Crippen LogP contribution in [0, 0.1) is 11.8 Å². The molecule has 0 unspecified atom stereocenters. The van der Waals surface area contributed by atoms with Crippen molar-refractivity contribution >= 4 is 17.7 Å². The van der Waals surface area contributed by atoms with Gasteiger partial charge in [-0.1, -0.05) is 49.4 Å². The SMILES string of the molecule is CC/C=C\C[C@@H]1C(=O)CC[C@H]1CC(=O)N[C@@H](Cc1ccccc1)C(=O)O. The number of benzene rings is 1. The van der Waals surface area contributed by atoms with E-state index in [0.29, 0.717) is 19.3 Å². The summed E-state index contributed by atoms with van der Waals surface area (Å²) in [5, 5.41) is 12.0. The zero-order valence-electron chi connectivity index (χ0n) is 15.2. The van der Waals surface area contributed by atoms with Gasteiger partial charge >= 0.3 is 5.97 Å². The number of allylic oxidation sites excluding steroid dienone is 2. The van der Waals surface area contributed by atoms with Crippen LogP contribution in [0.2, 0.25) is 0 Å². The number of Topliss-reactive ketones (excluding diaryl/α,β-unsaturated/α-hetero) is 1. The first kappa shape index (κ1) is 19.9. The van der Waals surface area contributed by atoms with Crippen LogP contribution in [0.5, 0.6) is 0 Å². The molecular weight excluding hydrogens is 330 g/mol. The molecule has 1 aromatic rings. The molecule has 0 radical (unpaired) electrons. The third kappa shape index (κ3) is 5.83. The Morgan fingerprint density at radius 2 is 2.00 bits per heavy atom. The Bertz CT molecular complexity index is 653. The van der Waals surface area contributed by atoms with Crippen molar-refractivity contribution in [1.29, 1.82) is 0 Å². The van der Waals surface area contributed by atoms with E-state index in [9.17, 15) is 19.5 Å². The number of aliphatic carboxylic acids is 1. The van der Waals surface area contributed by atoms with Crippen LogP contribution in [0.25, 0.3) is 0 Å². The van der Waals surface area contributed by atoms with Gasteiger partial charge in [0.1, 0.15) is 11.8 Å². The average Bonchev–Trinajstić information content (AvgIpc) is 2.95. The predicted molar refractivity (Wildman–Crippen MR) is 99.6 cm³/mol. The van der Waals surface area contributed by atoms with E-state index < -0.39 is 12.0 Å². The molecule has 0 heterocycles. The van der Waals surface area contributed by atoms with E-state index in [1.807, 2.05) is 49.4 Å². The Morgan fingerprint density at radius 1 is 1.27 bits per heavy atom. The maximum absolute atomic E-state index is 12.4. The summed E-state index contributed by atoms with van der Waals surface area (Å²) in [6.07, 6.45) is 7.28. The van der Waals surface area contributed by atoms with Crippen LogP contribution < -0.4 is 5.32 Å². The summed E-state index contributed by atoms with van der Waals surface area (Å²) in [6.45, 7) is 2.04. The Hall–Kier alpha value is -2.43. The van der Waals surface area contributed by atoms with Gasteiger partial charge in [-0.25, -0.2) is 4.79 Å². The Kier molecular flexibility index (Phi) is 7.57. The Morgan fingerprint density at radius 3 is 2.65 bits per heavy atom. The number of nitrogens with one attached hydrogen (secondary N) is 1. The first-order valence-corrected chi connectivity index (χ1v) is 9.25. The van der Waals surface area contributed by atoms with E-state index in [0.717, 1.165) is 12.0 Å². The Balaban J connectivity index is 1.93. The van der Waals surface area contributed by atoms with Crippen LogP contribution in [0.1, 0.15) is 44.6 Å². The molecule has 0 bridgehead atoms. The second kappa shape index (κ2) is 9.90. The van der Waals surface area contributed by atoms with Crippen LogP contribution in [0.3, 0.4) is 0 Å². The van der Waals surface area contributed by atoms with Crippen molar-refractivity contribution in [2.75, 3.05) is 0 Å². The smallest absolute Gasteiger partial charge is 0.326 e. The molecule has 1 aliphatic rings. The minimum absolute atomic E-state index is 0.00447. The highest BCUT2D eigenvalue weighted by Gasteiger charge is 2.35. The number of hydrogen-bond donors (Lipinski definition) is 2. The van der Waals surface area contributed by atoms with Gasteiger partial charge < -0.3 is 10.4 Å². The standard InChI is InChI=1S/C21H27NO4/c1-2-3-5-10-17-16(11-12-19(17)23)14-20(24)22-18(21(25)26)13-15-8-6-4-7-9-15/h3-9,16-18H,2,10-14H2,1H3,(H,22,24)(H,25,26)/b5-3-/t16-,17-,18-/m0/s1. The second-order valence-corrected chi connectivity index (χ2v) is 6.84. The molecule has 1 fully saturated rings. The highest BCUT2D eigenvalue weighted by molar-refractivity contribution is 5.87. The molecule has 0 spiro atoms. The zero-order chi connectivity index (χ0) is 18.9. The van der Waals surface area contributed by atoms with Gasteiger partial charge in [0, 0.05) is 25.2 Å². The molecule has 2 rings (SSSR count). The molecule has 2 N–H and O–H groups in total. The topological polar surface area (TPSA) is 83.5 Å². The maximum atomic E-state index is 12.4. The summed E-state index contributed by atoms with van der Waals surface area (Å²) in [5.41, 5.74) is 0.860. The molecule has 0 saturated heterocycles. The minimum atomic E-state index is -1.05. The third-order valence-corrected chi connectivity index (χ3v) is 4.90. The largest absolute Gasteiger partial charge is 0.480 e. The van der Waals surface area contributed by atoms with Gasteiger partial charge in [-0.2, -0.15) is 0 Å². The highest BCUT2D eigenvalue weighted by Crippen LogP contribution is 2.34. The molecule has 0 aromatic heterocycles. The number of hydrogen-bond acceptors (Lipinski definition) is 3. The van der Waals surface area contributed by atoms with E-state index in [-0.39, 0.29) is 36.4 Å². The van der Waals surface area contributed by atoms with E-state index in [1.54, 1.807) is 0 Å². The molecule has 0 aliphatic heterocycles. The van der Waals surface area contributed by atoms with Gasteiger partial charge in [0.05, 0.1) is 0 Å². The molecule has 26 heavy (non-hydrogen) atoms. The van der Waals surface area contributed by atoms with Gasteiger partial charge in [0.25, 0.3) is 0 Å². The van der Waals surface area contributed by atoms with Crippen molar-refractivity contribution in [2.24, 2.45) is 11.8 Å². The van der Waals surface area contributed by atoms with E-state index in [1.165, 1.54) is 0 Å². The quantitative estimate of drug-likeness (QED) is 0.665. The summed E-state index contributed by atoms with van der Waals surface area (Å²) >= 11 is 0. The van der Waals surface area contributed by atoms with Crippen molar-refractivity contribution in [2.45, 2.75) is 51.5 Å². The first-order chi connectivity index (χ1) is 12.5. The second-order valence-electron chi connectivity index (χ2n) is 6.84. The lowest BCUT2D eigenvalue weighted by molar-refractivity contribution is -0.142. The highest BCUT2D eigenvalue weighted by atomic mass is 16.4. The zero-order valence-corrected chi connectivity index (χ0v) is 15.2. The molecule has 1 saturated carbocycles.